The van der Waals surface area contributed by atoms with Crippen LogP contribution in [-0.2, 0) is 0 Å². The molecule has 0 saturated carbocycles. The summed E-state index contributed by atoms with van der Waals surface area (Å²) in [6, 6.07) is 17.8. The Bertz CT molecular complexity index is 804. The second-order valence-electron chi connectivity index (χ2n) is 5.09. The Morgan fingerprint density at radius 1 is 0.950 bits per heavy atom. The summed E-state index contributed by atoms with van der Waals surface area (Å²) >= 11 is 0. The van der Waals surface area contributed by atoms with E-state index in [-0.39, 0.29) is 11.7 Å². The fourth-order valence-corrected chi connectivity index (χ4v) is 2.51. The number of aromatic nitrogens is 2. The molecular weight excluding hydrogens is 248 g/mol. The van der Waals surface area contributed by atoms with Gasteiger partial charge in [-0.2, -0.15) is 4.98 Å². The fraction of sp³-hybridized carbons (Fsp3) is 0.176. The van der Waals surface area contributed by atoms with Crippen LogP contribution in [0.4, 0.5) is 0 Å². The quantitative estimate of drug-likeness (QED) is 0.708. The van der Waals surface area contributed by atoms with Crippen LogP contribution in [0.3, 0.4) is 0 Å². The average molecular weight is 264 g/mol. The minimum absolute atomic E-state index is 0.0877. The molecule has 20 heavy (non-hydrogen) atoms. The van der Waals surface area contributed by atoms with E-state index < -0.39 is 0 Å². The second-order valence-corrected chi connectivity index (χ2v) is 5.09. The minimum atomic E-state index is -0.197. The van der Waals surface area contributed by atoms with Gasteiger partial charge in [0.25, 0.3) is 0 Å². The Morgan fingerprint density at radius 2 is 1.60 bits per heavy atom. The van der Waals surface area contributed by atoms with Gasteiger partial charge in [-0.1, -0.05) is 48.5 Å². The standard InChI is InChI=1S/C17H16N2O/c1-12(2)19-15-11-7-6-10-14(15)16(18-17(19)20)13-8-4-3-5-9-13/h3-12H,1-2H3. The number of rotatable bonds is 2. The van der Waals surface area contributed by atoms with Crippen LogP contribution in [0.25, 0.3) is 22.2 Å². The normalized spacial score (nSPS) is 11.2. The molecule has 0 unspecified atom stereocenters. The average Bonchev–Trinajstić information content (AvgIpc) is 2.47. The molecule has 0 saturated heterocycles. The Hall–Kier alpha value is -2.42. The first-order chi connectivity index (χ1) is 9.68. The van der Waals surface area contributed by atoms with E-state index >= 15 is 0 Å². The summed E-state index contributed by atoms with van der Waals surface area (Å²) in [5.74, 6) is 0. The molecule has 0 bridgehead atoms. The first-order valence-corrected chi connectivity index (χ1v) is 6.75. The molecule has 0 fully saturated rings. The molecule has 0 N–H and O–H groups in total. The van der Waals surface area contributed by atoms with Gasteiger partial charge in [-0.25, -0.2) is 4.79 Å². The van der Waals surface area contributed by atoms with Crippen molar-refractivity contribution in [2.75, 3.05) is 0 Å². The zero-order chi connectivity index (χ0) is 14.1. The van der Waals surface area contributed by atoms with Crippen molar-refractivity contribution in [3.63, 3.8) is 0 Å². The summed E-state index contributed by atoms with van der Waals surface area (Å²) in [6.45, 7) is 4.00. The lowest BCUT2D eigenvalue weighted by Gasteiger charge is -2.15. The molecular formula is C17H16N2O. The lowest BCUT2D eigenvalue weighted by Crippen LogP contribution is -2.25. The molecule has 0 atom stereocenters. The van der Waals surface area contributed by atoms with Gasteiger partial charge in [0.05, 0.1) is 11.2 Å². The molecule has 0 spiro atoms. The van der Waals surface area contributed by atoms with E-state index in [0.717, 1.165) is 22.2 Å². The van der Waals surface area contributed by atoms with E-state index in [9.17, 15) is 4.79 Å². The zero-order valence-corrected chi connectivity index (χ0v) is 11.6. The van der Waals surface area contributed by atoms with Crippen molar-refractivity contribution < 1.29 is 0 Å². The number of para-hydroxylation sites is 1. The molecule has 0 aliphatic heterocycles. The summed E-state index contributed by atoms with van der Waals surface area (Å²) in [7, 11) is 0. The SMILES string of the molecule is CC(C)n1c(=O)nc(-c2ccccc2)c2ccccc21. The summed E-state index contributed by atoms with van der Waals surface area (Å²) in [5.41, 5.74) is 2.46. The minimum Gasteiger partial charge on any atom is -0.289 e. The molecule has 0 amide bonds. The van der Waals surface area contributed by atoms with Crippen LogP contribution in [0.15, 0.2) is 59.4 Å². The van der Waals surface area contributed by atoms with Crippen molar-refractivity contribution >= 4 is 10.9 Å². The molecule has 3 heteroatoms. The molecule has 100 valence electrons. The number of hydrogen-bond acceptors (Lipinski definition) is 2. The Morgan fingerprint density at radius 3 is 2.30 bits per heavy atom. The van der Waals surface area contributed by atoms with Crippen LogP contribution in [0.2, 0.25) is 0 Å². The summed E-state index contributed by atoms with van der Waals surface area (Å²) in [4.78, 5) is 16.6. The zero-order valence-electron chi connectivity index (χ0n) is 11.6. The maximum Gasteiger partial charge on any atom is 0.348 e. The van der Waals surface area contributed by atoms with E-state index in [4.69, 9.17) is 0 Å². The van der Waals surface area contributed by atoms with Crippen molar-refractivity contribution in [3.8, 4) is 11.3 Å². The van der Waals surface area contributed by atoms with Gasteiger partial charge in [-0.3, -0.25) is 4.57 Å². The van der Waals surface area contributed by atoms with Crippen LogP contribution in [0.1, 0.15) is 19.9 Å². The molecule has 3 nitrogen and oxygen atoms in total. The van der Waals surface area contributed by atoms with E-state index in [1.165, 1.54) is 0 Å². The maximum atomic E-state index is 12.3. The lowest BCUT2D eigenvalue weighted by atomic mass is 10.1. The molecule has 0 aliphatic rings. The van der Waals surface area contributed by atoms with Crippen LogP contribution >= 0.6 is 0 Å². The van der Waals surface area contributed by atoms with Gasteiger partial charge >= 0.3 is 5.69 Å². The van der Waals surface area contributed by atoms with Gasteiger partial charge in [0.2, 0.25) is 0 Å². The lowest BCUT2D eigenvalue weighted by molar-refractivity contribution is 0.587. The monoisotopic (exact) mass is 264 g/mol. The van der Waals surface area contributed by atoms with Gasteiger partial charge in [-0.05, 0) is 19.9 Å². The third-order valence-corrected chi connectivity index (χ3v) is 3.40. The van der Waals surface area contributed by atoms with Gasteiger partial charge < -0.3 is 0 Å². The van der Waals surface area contributed by atoms with Crippen LogP contribution in [0, 0.1) is 0 Å². The van der Waals surface area contributed by atoms with Crippen molar-refractivity contribution in [3.05, 3.63) is 65.1 Å². The number of fused-ring (bicyclic) bond motifs is 1. The first kappa shape index (κ1) is 12.6. The van der Waals surface area contributed by atoms with Crippen molar-refractivity contribution in [2.45, 2.75) is 19.9 Å². The van der Waals surface area contributed by atoms with Crippen molar-refractivity contribution in [1.29, 1.82) is 0 Å². The molecule has 1 heterocycles. The van der Waals surface area contributed by atoms with Gasteiger partial charge in [0.15, 0.2) is 0 Å². The molecule has 0 radical (unpaired) electrons. The topological polar surface area (TPSA) is 34.9 Å². The summed E-state index contributed by atoms with van der Waals surface area (Å²) in [5, 5.41) is 1.01. The predicted molar refractivity (Wildman–Crippen MR) is 81.8 cm³/mol. The van der Waals surface area contributed by atoms with Crippen LogP contribution in [-0.4, -0.2) is 9.55 Å². The Labute approximate surface area is 117 Å². The molecule has 3 rings (SSSR count). The molecule has 0 aliphatic carbocycles. The Kier molecular flexibility index (Phi) is 3.11. The second kappa shape index (κ2) is 4.93. The van der Waals surface area contributed by atoms with Gasteiger partial charge in [-0.15, -0.1) is 0 Å². The Balaban J connectivity index is 2.42. The number of nitrogens with zero attached hydrogens (tertiary/aromatic N) is 2. The number of hydrogen-bond donors (Lipinski definition) is 0. The highest BCUT2D eigenvalue weighted by molar-refractivity contribution is 5.92. The fourth-order valence-electron chi connectivity index (χ4n) is 2.51. The molecule has 1 aromatic heterocycles. The van der Waals surface area contributed by atoms with E-state index in [1.807, 2.05) is 68.4 Å². The van der Waals surface area contributed by atoms with Crippen LogP contribution < -0.4 is 5.69 Å². The van der Waals surface area contributed by atoms with E-state index in [2.05, 4.69) is 4.98 Å². The van der Waals surface area contributed by atoms with Gasteiger partial charge in [0, 0.05) is 17.0 Å². The highest BCUT2D eigenvalue weighted by Gasteiger charge is 2.12. The van der Waals surface area contributed by atoms with Gasteiger partial charge in [0.1, 0.15) is 0 Å². The molecule has 3 aromatic rings. The maximum absolute atomic E-state index is 12.3. The summed E-state index contributed by atoms with van der Waals surface area (Å²) in [6.07, 6.45) is 0. The highest BCUT2D eigenvalue weighted by Crippen LogP contribution is 2.26. The first-order valence-electron chi connectivity index (χ1n) is 6.75. The third kappa shape index (κ3) is 2.01. The van der Waals surface area contributed by atoms with Crippen molar-refractivity contribution in [2.24, 2.45) is 0 Å². The molecule has 2 aromatic carbocycles. The van der Waals surface area contributed by atoms with Crippen molar-refractivity contribution in [1.82, 2.24) is 9.55 Å². The van der Waals surface area contributed by atoms with E-state index in [0.29, 0.717) is 0 Å². The number of benzene rings is 2. The largest absolute Gasteiger partial charge is 0.348 e. The summed E-state index contributed by atoms with van der Waals surface area (Å²) < 4.78 is 1.74. The smallest absolute Gasteiger partial charge is 0.289 e. The predicted octanol–water partition coefficient (Wildman–Crippen LogP) is 3.64. The van der Waals surface area contributed by atoms with Crippen LogP contribution in [0.5, 0.6) is 0 Å². The van der Waals surface area contributed by atoms with E-state index in [1.54, 1.807) is 4.57 Å². The highest BCUT2D eigenvalue weighted by atomic mass is 16.1. The third-order valence-electron chi connectivity index (χ3n) is 3.40.